The van der Waals surface area contributed by atoms with Crippen molar-refractivity contribution in [3.63, 3.8) is 0 Å². The maximum absolute atomic E-state index is 7.64. The monoisotopic (exact) mass is 288 g/mol. The van der Waals surface area contributed by atoms with Crippen molar-refractivity contribution in [2.45, 2.75) is 13.0 Å². The molecule has 0 amide bonds. The number of rotatable bonds is 4. The number of anilines is 1. The fourth-order valence-electron chi connectivity index (χ4n) is 2.04. The summed E-state index contributed by atoms with van der Waals surface area (Å²) in [4.78, 5) is 6.34. The molecule has 1 heterocycles. The second-order valence-corrected chi connectivity index (χ2v) is 5.06. The first kappa shape index (κ1) is 14.3. The van der Waals surface area contributed by atoms with Crippen molar-refractivity contribution in [1.29, 1.82) is 5.41 Å². The third kappa shape index (κ3) is 2.91. The highest BCUT2D eigenvalue weighted by Gasteiger charge is 2.17. The molecule has 0 aliphatic heterocycles. The molecule has 0 bridgehead atoms. The SMILES string of the molecule is CC(c1ccc(Cl)cc1)N(C)c1ncccc1C(=N)N. The summed E-state index contributed by atoms with van der Waals surface area (Å²) < 4.78 is 0. The highest BCUT2D eigenvalue weighted by Crippen LogP contribution is 2.26. The predicted molar refractivity (Wildman–Crippen MR) is 83.5 cm³/mol. The summed E-state index contributed by atoms with van der Waals surface area (Å²) in [5, 5.41) is 8.35. The summed E-state index contributed by atoms with van der Waals surface area (Å²) in [6.45, 7) is 2.07. The Kier molecular flexibility index (Phi) is 4.25. The maximum Gasteiger partial charge on any atom is 0.139 e. The molecule has 1 atom stereocenters. The second kappa shape index (κ2) is 5.92. The third-order valence-electron chi connectivity index (χ3n) is 3.34. The van der Waals surface area contributed by atoms with Gasteiger partial charge in [-0.2, -0.15) is 0 Å². The van der Waals surface area contributed by atoms with Gasteiger partial charge in [-0.25, -0.2) is 4.98 Å². The van der Waals surface area contributed by atoms with Gasteiger partial charge in [-0.3, -0.25) is 5.41 Å². The van der Waals surface area contributed by atoms with Crippen molar-refractivity contribution in [2.75, 3.05) is 11.9 Å². The van der Waals surface area contributed by atoms with Gasteiger partial charge < -0.3 is 10.6 Å². The number of nitrogens with two attached hydrogens (primary N) is 1. The molecule has 0 aliphatic rings. The van der Waals surface area contributed by atoms with E-state index in [0.29, 0.717) is 16.4 Å². The minimum Gasteiger partial charge on any atom is -0.384 e. The van der Waals surface area contributed by atoms with Gasteiger partial charge in [-0.1, -0.05) is 23.7 Å². The van der Waals surface area contributed by atoms with Gasteiger partial charge in [0, 0.05) is 18.3 Å². The van der Waals surface area contributed by atoms with E-state index >= 15 is 0 Å². The molecule has 5 heteroatoms. The van der Waals surface area contributed by atoms with Crippen molar-refractivity contribution in [3.05, 3.63) is 58.7 Å². The van der Waals surface area contributed by atoms with E-state index in [2.05, 4.69) is 11.9 Å². The number of nitrogen functional groups attached to an aromatic ring is 1. The predicted octanol–water partition coefficient (Wildman–Crippen LogP) is 3.22. The number of pyridine rings is 1. The summed E-state index contributed by atoms with van der Waals surface area (Å²) in [7, 11) is 1.94. The van der Waals surface area contributed by atoms with Crippen LogP contribution < -0.4 is 10.6 Å². The molecule has 0 spiro atoms. The molecule has 1 unspecified atom stereocenters. The molecule has 2 rings (SSSR count). The van der Waals surface area contributed by atoms with Gasteiger partial charge in [-0.15, -0.1) is 0 Å². The highest BCUT2D eigenvalue weighted by molar-refractivity contribution is 6.30. The molecule has 0 radical (unpaired) electrons. The summed E-state index contributed by atoms with van der Waals surface area (Å²) in [6.07, 6.45) is 1.70. The zero-order valence-electron chi connectivity index (χ0n) is 11.5. The number of amidine groups is 1. The molecule has 1 aromatic carbocycles. The van der Waals surface area contributed by atoms with Gasteiger partial charge in [0.2, 0.25) is 0 Å². The number of nitrogens with zero attached hydrogens (tertiary/aromatic N) is 2. The second-order valence-electron chi connectivity index (χ2n) is 4.63. The summed E-state index contributed by atoms with van der Waals surface area (Å²) in [5.74, 6) is 0.714. The molecular formula is C15H17ClN4. The minimum atomic E-state index is 0.0169. The first-order chi connectivity index (χ1) is 9.50. The molecule has 0 fully saturated rings. The van der Waals surface area contributed by atoms with Crippen molar-refractivity contribution in [3.8, 4) is 0 Å². The molecule has 4 nitrogen and oxygen atoms in total. The van der Waals surface area contributed by atoms with E-state index < -0.39 is 0 Å². The normalized spacial score (nSPS) is 11.9. The van der Waals surface area contributed by atoms with Crippen LogP contribution in [-0.2, 0) is 0 Å². The van der Waals surface area contributed by atoms with Gasteiger partial charge in [0.25, 0.3) is 0 Å². The lowest BCUT2D eigenvalue weighted by atomic mass is 10.1. The fourth-order valence-corrected chi connectivity index (χ4v) is 2.16. The molecule has 2 aromatic rings. The van der Waals surface area contributed by atoms with Crippen LogP contribution in [0.3, 0.4) is 0 Å². The van der Waals surface area contributed by atoms with E-state index in [4.69, 9.17) is 22.7 Å². The third-order valence-corrected chi connectivity index (χ3v) is 3.60. The van der Waals surface area contributed by atoms with E-state index in [0.717, 1.165) is 5.56 Å². The van der Waals surface area contributed by atoms with Crippen LogP contribution >= 0.6 is 11.6 Å². The summed E-state index contributed by atoms with van der Waals surface area (Å²) in [5.41, 5.74) is 7.37. The zero-order valence-corrected chi connectivity index (χ0v) is 12.2. The fraction of sp³-hybridized carbons (Fsp3) is 0.200. The lowest BCUT2D eigenvalue weighted by Crippen LogP contribution is -2.26. The Morgan fingerprint density at radius 3 is 2.55 bits per heavy atom. The first-order valence-corrected chi connectivity index (χ1v) is 6.66. The van der Waals surface area contributed by atoms with Crippen LogP contribution in [0.2, 0.25) is 5.02 Å². The first-order valence-electron chi connectivity index (χ1n) is 6.28. The minimum absolute atomic E-state index is 0.0169. The number of nitrogens with one attached hydrogen (secondary N) is 1. The molecular weight excluding hydrogens is 272 g/mol. The average molecular weight is 289 g/mol. The van der Waals surface area contributed by atoms with Crippen LogP contribution in [0, 0.1) is 5.41 Å². The largest absolute Gasteiger partial charge is 0.384 e. The molecule has 3 N–H and O–H groups in total. The summed E-state index contributed by atoms with van der Waals surface area (Å²) in [6, 6.07) is 11.4. The number of halogens is 1. The van der Waals surface area contributed by atoms with Crippen molar-refractivity contribution < 1.29 is 0 Å². The van der Waals surface area contributed by atoms with Gasteiger partial charge in [0.1, 0.15) is 11.7 Å². The van der Waals surface area contributed by atoms with Crippen molar-refractivity contribution in [2.24, 2.45) is 5.73 Å². The van der Waals surface area contributed by atoms with Gasteiger partial charge in [-0.05, 0) is 36.8 Å². The molecule has 104 valence electrons. The van der Waals surface area contributed by atoms with Crippen LogP contribution in [0.25, 0.3) is 0 Å². The smallest absolute Gasteiger partial charge is 0.139 e. The molecule has 0 aliphatic carbocycles. The van der Waals surface area contributed by atoms with E-state index in [1.54, 1.807) is 18.3 Å². The molecule has 1 aromatic heterocycles. The van der Waals surface area contributed by atoms with Crippen molar-refractivity contribution in [1.82, 2.24) is 4.98 Å². The Morgan fingerprint density at radius 2 is 1.95 bits per heavy atom. The van der Waals surface area contributed by atoms with E-state index in [-0.39, 0.29) is 11.9 Å². The van der Waals surface area contributed by atoms with E-state index in [1.165, 1.54) is 0 Å². The van der Waals surface area contributed by atoms with E-state index in [1.807, 2.05) is 36.2 Å². The van der Waals surface area contributed by atoms with Gasteiger partial charge in [0.15, 0.2) is 0 Å². The van der Waals surface area contributed by atoms with Crippen LogP contribution in [-0.4, -0.2) is 17.9 Å². The van der Waals surface area contributed by atoms with Crippen LogP contribution in [0.15, 0.2) is 42.6 Å². The van der Waals surface area contributed by atoms with Crippen LogP contribution in [0.1, 0.15) is 24.1 Å². The molecule has 0 saturated heterocycles. The zero-order chi connectivity index (χ0) is 14.7. The number of hydrogen-bond acceptors (Lipinski definition) is 3. The lowest BCUT2D eigenvalue weighted by Gasteiger charge is -2.28. The number of aromatic nitrogens is 1. The quantitative estimate of drug-likeness (QED) is 0.670. The van der Waals surface area contributed by atoms with Gasteiger partial charge in [0.05, 0.1) is 11.6 Å². The Labute approximate surface area is 123 Å². The Morgan fingerprint density at radius 1 is 1.30 bits per heavy atom. The van der Waals surface area contributed by atoms with Gasteiger partial charge >= 0.3 is 0 Å². The molecule has 0 saturated carbocycles. The van der Waals surface area contributed by atoms with E-state index in [9.17, 15) is 0 Å². The van der Waals surface area contributed by atoms with Crippen LogP contribution in [0.5, 0.6) is 0 Å². The topological polar surface area (TPSA) is 66.0 Å². The average Bonchev–Trinajstić information content (AvgIpc) is 2.46. The van der Waals surface area contributed by atoms with Crippen molar-refractivity contribution >= 4 is 23.3 Å². The maximum atomic E-state index is 7.64. The number of benzene rings is 1. The summed E-state index contributed by atoms with van der Waals surface area (Å²) >= 11 is 5.91. The molecule has 20 heavy (non-hydrogen) atoms. The number of hydrogen-bond donors (Lipinski definition) is 2. The van der Waals surface area contributed by atoms with Crippen LogP contribution in [0.4, 0.5) is 5.82 Å². The Balaban J connectivity index is 2.33. The Bertz CT molecular complexity index is 610. The standard InChI is InChI=1S/C15H17ClN4/c1-10(11-5-7-12(16)8-6-11)20(2)15-13(14(17)18)4-3-9-19-15/h3-10H,1-2H3,(H3,17,18). The highest BCUT2D eigenvalue weighted by atomic mass is 35.5. The lowest BCUT2D eigenvalue weighted by molar-refractivity contribution is 0.728. The Hall–Kier alpha value is -2.07.